The van der Waals surface area contributed by atoms with Gasteiger partial charge in [-0.25, -0.2) is 0 Å². The molecule has 4 rings (SSSR count). The number of methoxy groups -OCH3 is 1. The molecule has 1 aromatic heterocycles. The van der Waals surface area contributed by atoms with E-state index in [0.717, 1.165) is 64.5 Å². The lowest BCUT2D eigenvalue weighted by Crippen LogP contribution is -2.36. The molecular formula is C20H20BrN3O2. The topological polar surface area (TPSA) is 46.6 Å². The predicted molar refractivity (Wildman–Crippen MR) is 109 cm³/mol. The van der Waals surface area contributed by atoms with Gasteiger partial charge in [-0.15, -0.1) is 0 Å². The van der Waals surface area contributed by atoms with E-state index in [0.29, 0.717) is 0 Å². The summed E-state index contributed by atoms with van der Waals surface area (Å²) in [6.07, 6.45) is 1.82. The van der Waals surface area contributed by atoms with Crippen LogP contribution < -0.4 is 15.0 Å². The van der Waals surface area contributed by atoms with Crippen molar-refractivity contribution in [3.05, 3.63) is 53.1 Å². The number of nitrogens with one attached hydrogen (secondary N) is 1. The van der Waals surface area contributed by atoms with Gasteiger partial charge in [0.15, 0.2) is 0 Å². The van der Waals surface area contributed by atoms with Gasteiger partial charge in [0, 0.05) is 58.3 Å². The van der Waals surface area contributed by atoms with E-state index in [1.165, 1.54) is 0 Å². The van der Waals surface area contributed by atoms with E-state index in [9.17, 15) is 0 Å². The second-order valence-electron chi connectivity index (χ2n) is 6.16. The van der Waals surface area contributed by atoms with Crippen LogP contribution >= 0.6 is 15.9 Å². The van der Waals surface area contributed by atoms with Crippen LogP contribution in [0.25, 0.3) is 10.9 Å². The molecule has 0 spiro atoms. The number of nitrogens with zero attached hydrogens (tertiary/aromatic N) is 2. The van der Waals surface area contributed by atoms with Gasteiger partial charge in [0.2, 0.25) is 0 Å². The zero-order valence-corrected chi connectivity index (χ0v) is 16.1. The van der Waals surface area contributed by atoms with Crippen molar-refractivity contribution in [3.8, 4) is 5.75 Å². The first-order valence-electron chi connectivity index (χ1n) is 8.56. The van der Waals surface area contributed by atoms with Gasteiger partial charge in [-0.2, -0.15) is 0 Å². The van der Waals surface area contributed by atoms with E-state index in [2.05, 4.69) is 49.3 Å². The number of pyridine rings is 1. The molecule has 0 radical (unpaired) electrons. The summed E-state index contributed by atoms with van der Waals surface area (Å²) in [6, 6.07) is 14.3. The monoisotopic (exact) mass is 413 g/mol. The van der Waals surface area contributed by atoms with Gasteiger partial charge in [0.05, 0.1) is 25.8 Å². The van der Waals surface area contributed by atoms with Crippen LogP contribution in [0, 0.1) is 0 Å². The van der Waals surface area contributed by atoms with Gasteiger partial charge in [-0.1, -0.05) is 15.9 Å². The zero-order valence-electron chi connectivity index (χ0n) is 14.5. The van der Waals surface area contributed by atoms with E-state index in [-0.39, 0.29) is 0 Å². The van der Waals surface area contributed by atoms with E-state index < -0.39 is 0 Å². The third-order valence-corrected chi connectivity index (χ3v) is 4.98. The number of hydrogen-bond acceptors (Lipinski definition) is 5. The number of aromatic nitrogens is 1. The quantitative estimate of drug-likeness (QED) is 0.677. The molecule has 3 aromatic rings. The number of anilines is 3. The van der Waals surface area contributed by atoms with Crippen molar-refractivity contribution in [1.29, 1.82) is 0 Å². The first kappa shape index (κ1) is 17.1. The fourth-order valence-corrected chi connectivity index (χ4v) is 3.52. The van der Waals surface area contributed by atoms with E-state index in [4.69, 9.17) is 9.47 Å². The lowest BCUT2D eigenvalue weighted by Gasteiger charge is -2.29. The second kappa shape index (κ2) is 7.51. The van der Waals surface area contributed by atoms with Gasteiger partial charge in [-0.05, 0) is 30.3 Å². The normalized spacial score (nSPS) is 14.5. The molecule has 2 heterocycles. The van der Waals surface area contributed by atoms with Gasteiger partial charge < -0.3 is 19.7 Å². The Kier molecular flexibility index (Phi) is 4.95. The summed E-state index contributed by atoms with van der Waals surface area (Å²) in [6.45, 7) is 3.28. The Bertz CT molecular complexity index is 926. The molecular weight excluding hydrogens is 394 g/mol. The molecule has 0 unspecified atom stereocenters. The van der Waals surface area contributed by atoms with Crippen molar-refractivity contribution in [3.63, 3.8) is 0 Å². The third kappa shape index (κ3) is 3.61. The molecule has 1 aliphatic heterocycles. The van der Waals surface area contributed by atoms with Gasteiger partial charge in [0.25, 0.3) is 0 Å². The highest BCUT2D eigenvalue weighted by Crippen LogP contribution is 2.32. The van der Waals surface area contributed by atoms with Crippen molar-refractivity contribution >= 4 is 43.9 Å². The van der Waals surface area contributed by atoms with Crippen LogP contribution in [0.4, 0.5) is 17.1 Å². The summed E-state index contributed by atoms with van der Waals surface area (Å²) in [5, 5.41) is 4.60. The highest BCUT2D eigenvalue weighted by atomic mass is 79.9. The standard InChI is InChI=1S/C20H20BrN3O2/c1-25-17-12-15(11-16(13-17)24-6-8-26-9-7-24)23-20-4-5-22-19-3-2-14(21)10-18(19)20/h2-5,10-13H,6-9H2,1H3,(H,22,23). The summed E-state index contributed by atoms with van der Waals surface area (Å²) in [5.74, 6) is 0.830. The Hall–Kier alpha value is -2.31. The maximum atomic E-state index is 5.51. The Morgan fingerprint density at radius 1 is 1.12 bits per heavy atom. The SMILES string of the molecule is COc1cc(Nc2ccnc3ccc(Br)cc23)cc(N2CCOCC2)c1. The maximum absolute atomic E-state index is 5.51. The van der Waals surface area contributed by atoms with Crippen LogP contribution in [-0.4, -0.2) is 38.4 Å². The molecule has 0 saturated carbocycles. The predicted octanol–water partition coefficient (Wildman–Crippen LogP) is 4.59. The lowest BCUT2D eigenvalue weighted by atomic mass is 10.1. The van der Waals surface area contributed by atoms with Crippen molar-refractivity contribution in [2.24, 2.45) is 0 Å². The average Bonchev–Trinajstić information content (AvgIpc) is 2.69. The Morgan fingerprint density at radius 3 is 2.77 bits per heavy atom. The summed E-state index contributed by atoms with van der Waals surface area (Å²) in [5.41, 5.74) is 4.08. The van der Waals surface area contributed by atoms with Crippen LogP contribution in [-0.2, 0) is 4.74 Å². The molecule has 134 valence electrons. The Labute approximate surface area is 161 Å². The van der Waals surface area contributed by atoms with Crippen LogP contribution in [0.3, 0.4) is 0 Å². The molecule has 1 aliphatic rings. The minimum absolute atomic E-state index is 0.753. The first-order chi connectivity index (χ1) is 12.7. The van der Waals surface area contributed by atoms with Gasteiger partial charge in [0.1, 0.15) is 5.75 Å². The van der Waals surface area contributed by atoms with Gasteiger partial charge in [-0.3, -0.25) is 4.98 Å². The average molecular weight is 414 g/mol. The molecule has 2 aromatic carbocycles. The lowest BCUT2D eigenvalue weighted by molar-refractivity contribution is 0.122. The first-order valence-corrected chi connectivity index (χ1v) is 9.35. The van der Waals surface area contributed by atoms with E-state index in [1.54, 1.807) is 7.11 Å². The number of ether oxygens (including phenoxy) is 2. The summed E-state index contributed by atoms with van der Waals surface area (Å²) in [7, 11) is 1.70. The maximum Gasteiger partial charge on any atom is 0.123 e. The van der Waals surface area contributed by atoms with Crippen molar-refractivity contribution in [2.45, 2.75) is 0 Å². The molecule has 1 fully saturated rings. The fourth-order valence-electron chi connectivity index (χ4n) is 3.16. The zero-order chi connectivity index (χ0) is 17.9. The molecule has 1 saturated heterocycles. The van der Waals surface area contributed by atoms with Crippen LogP contribution in [0.15, 0.2) is 53.1 Å². The molecule has 1 N–H and O–H groups in total. The van der Waals surface area contributed by atoms with Gasteiger partial charge >= 0.3 is 0 Å². The minimum atomic E-state index is 0.753. The molecule has 6 heteroatoms. The Morgan fingerprint density at radius 2 is 1.96 bits per heavy atom. The van der Waals surface area contributed by atoms with Crippen molar-refractivity contribution in [1.82, 2.24) is 4.98 Å². The summed E-state index contributed by atoms with van der Waals surface area (Å²) in [4.78, 5) is 6.76. The molecule has 5 nitrogen and oxygen atoms in total. The highest BCUT2D eigenvalue weighted by Gasteiger charge is 2.14. The van der Waals surface area contributed by atoms with Crippen molar-refractivity contribution < 1.29 is 9.47 Å². The Balaban J connectivity index is 1.70. The number of halogens is 1. The number of hydrogen-bond donors (Lipinski definition) is 1. The van der Waals surface area contributed by atoms with Crippen LogP contribution in [0.5, 0.6) is 5.75 Å². The van der Waals surface area contributed by atoms with Crippen molar-refractivity contribution in [2.75, 3.05) is 43.6 Å². The molecule has 0 bridgehead atoms. The highest BCUT2D eigenvalue weighted by molar-refractivity contribution is 9.10. The number of morpholine rings is 1. The number of benzene rings is 2. The second-order valence-corrected chi connectivity index (χ2v) is 7.08. The summed E-state index contributed by atoms with van der Waals surface area (Å²) < 4.78 is 12.0. The van der Waals surface area contributed by atoms with Crippen LogP contribution in [0.2, 0.25) is 0 Å². The minimum Gasteiger partial charge on any atom is -0.497 e. The fraction of sp³-hybridized carbons (Fsp3) is 0.250. The largest absolute Gasteiger partial charge is 0.497 e. The molecule has 0 aliphatic carbocycles. The van der Waals surface area contributed by atoms with E-state index >= 15 is 0 Å². The summed E-state index contributed by atoms with van der Waals surface area (Å²) >= 11 is 3.54. The van der Waals surface area contributed by atoms with Crippen LogP contribution in [0.1, 0.15) is 0 Å². The third-order valence-electron chi connectivity index (χ3n) is 4.49. The smallest absolute Gasteiger partial charge is 0.123 e. The van der Waals surface area contributed by atoms with E-state index in [1.807, 2.05) is 30.5 Å². The molecule has 0 amide bonds. The molecule has 26 heavy (non-hydrogen) atoms. The molecule has 0 atom stereocenters. The number of fused-ring (bicyclic) bond motifs is 1. The number of rotatable bonds is 4.